The number of halogens is 1. The van der Waals surface area contributed by atoms with E-state index in [0.717, 1.165) is 27.9 Å². The van der Waals surface area contributed by atoms with Crippen LogP contribution < -0.4 is 36.0 Å². The highest BCUT2D eigenvalue weighted by atomic mass is 79.9. The Morgan fingerprint density at radius 1 is 0.558 bits per heavy atom. The summed E-state index contributed by atoms with van der Waals surface area (Å²) in [6.45, 7) is 5.24. The number of thiocarbonyl (C=S) groups is 1. The van der Waals surface area contributed by atoms with E-state index in [1.54, 1.807) is 0 Å². The van der Waals surface area contributed by atoms with Crippen LogP contribution in [0.25, 0.3) is 0 Å². The van der Waals surface area contributed by atoms with Gasteiger partial charge in [0.05, 0.1) is 13.2 Å². The lowest BCUT2D eigenvalue weighted by Crippen LogP contribution is -2.31. The number of ether oxygens (including phenoxy) is 2. The van der Waals surface area contributed by atoms with Gasteiger partial charge in [0.15, 0.2) is 5.11 Å². The second-order valence-electron chi connectivity index (χ2n) is 9.43. The van der Waals surface area contributed by atoms with Gasteiger partial charge >= 0.3 is 0 Å². The van der Waals surface area contributed by atoms with Gasteiger partial charge in [-0.2, -0.15) is 0 Å². The van der Waals surface area contributed by atoms with Gasteiger partial charge in [0.1, 0.15) is 39.7 Å². The van der Waals surface area contributed by atoms with Crippen LogP contribution in [0.1, 0.15) is 13.8 Å². The molecule has 0 aliphatic carbocycles. The molecule has 7 heteroatoms. The molecule has 0 aliphatic rings. The van der Waals surface area contributed by atoms with Crippen molar-refractivity contribution in [1.82, 2.24) is 0 Å². The first-order valence-electron chi connectivity index (χ1n) is 14.2. The molecule has 0 aromatic heterocycles. The van der Waals surface area contributed by atoms with E-state index in [2.05, 4.69) is 118 Å². The van der Waals surface area contributed by atoms with Crippen molar-refractivity contribution >= 4 is 67.8 Å². The second-order valence-corrected chi connectivity index (χ2v) is 14.8. The molecule has 0 fully saturated rings. The highest BCUT2D eigenvalue weighted by Crippen LogP contribution is 2.56. The van der Waals surface area contributed by atoms with Crippen LogP contribution in [-0.2, 0) is 0 Å². The SMILES string of the molecule is BrC[P+](c1ccccc1)(c1ccccc1)c1ccccc1.CCOc1ccc(NC(=S)Nc2ccc(OCC)cc2)cc1. The van der Waals surface area contributed by atoms with Gasteiger partial charge in [-0.05, 0) is 127 Å². The van der Waals surface area contributed by atoms with Crippen molar-refractivity contribution < 1.29 is 9.47 Å². The summed E-state index contributed by atoms with van der Waals surface area (Å²) in [5, 5.41) is 12.0. The molecule has 2 N–H and O–H groups in total. The number of hydrogen-bond donors (Lipinski definition) is 2. The summed E-state index contributed by atoms with van der Waals surface area (Å²) in [5.74, 6) is 1.69. The molecule has 5 aromatic carbocycles. The van der Waals surface area contributed by atoms with Crippen molar-refractivity contribution in [3.63, 3.8) is 0 Å². The molecule has 4 nitrogen and oxygen atoms in total. The Labute approximate surface area is 269 Å². The third-order valence-corrected chi connectivity index (χ3v) is 13.0. The van der Waals surface area contributed by atoms with Crippen molar-refractivity contribution in [3.8, 4) is 11.5 Å². The fourth-order valence-electron chi connectivity index (χ4n) is 4.60. The molecular weight excluding hydrogens is 635 g/mol. The van der Waals surface area contributed by atoms with Gasteiger partial charge in [-0.15, -0.1) is 0 Å². The summed E-state index contributed by atoms with van der Waals surface area (Å²) >= 11 is 9.13. The number of hydrogen-bond acceptors (Lipinski definition) is 3. The van der Waals surface area contributed by atoms with E-state index in [1.807, 2.05) is 62.4 Å². The first-order chi connectivity index (χ1) is 21.1. The second kappa shape index (κ2) is 16.8. The van der Waals surface area contributed by atoms with Gasteiger partial charge in [0.2, 0.25) is 0 Å². The molecule has 220 valence electrons. The summed E-state index contributed by atoms with van der Waals surface area (Å²) in [7, 11) is -1.62. The van der Waals surface area contributed by atoms with Crippen LogP contribution in [0.5, 0.6) is 11.5 Å². The van der Waals surface area contributed by atoms with E-state index in [0.29, 0.717) is 18.3 Å². The summed E-state index contributed by atoms with van der Waals surface area (Å²) in [6.07, 6.45) is 0. The Bertz CT molecular complexity index is 1370. The maximum atomic E-state index is 5.40. The lowest BCUT2D eigenvalue weighted by atomic mass is 10.3. The summed E-state index contributed by atoms with van der Waals surface area (Å²) in [5.41, 5.74) is 1.82. The Hall–Kier alpha value is -3.70. The molecule has 43 heavy (non-hydrogen) atoms. The van der Waals surface area contributed by atoms with Gasteiger partial charge < -0.3 is 20.1 Å². The lowest BCUT2D eigenvalue weighted by molar-refractivity contribution is 0.340. The number of nitrogens with one attached hydrogen (secondary N) is 2. The monoisotopic (exact) mass is 671 g/mol. The molecule has 0 spiro atoms. The molecule has 0 bridgehead atoms. The van der Waals surface area contributed by atoms with Crippen LogP contribution in [-0.4, -0.2) is 23.4 Å². The highest BCUT2D eigenvalue weighted by Gasteiger charge is 2.44. The first kappa shape index (κ1) is 32.2. The highest BCUT2D eigenvalue weighted by molar-refractivity contribution is 9.10. The predicted molar refractivity (Wildman–Crippen MR) is 194 cm³/mol. The Morgan fingerprint density at radius 2 is 0.884 bits per heavy atom. The fraction of sp³-hybridized carbons (Fsp3) is 0.139. The van der Waals surface area contributed by atoms with Crippen molar-refractivity contribution in [2.24, 2.45) is 0 Å². The minimum Gasteiger partial charge on any atom is -0.494 e. The van der Waals surface area contributed by atoms with Crippen LogP contribution in [0, 0.1) is 0 Å². The standard InChI is InChI=1S/C19H17BrP.C17H20N2O2S/c20-16-21(17-10-4-1-5-11-17,18-12-6-2-7-13-18)19-14-8-3-9-15-19;1-3-20-15-9-5-13(6-10-15)18-17(22)19-14-7-11-16(12-8-14)21-4-2/h1-15H,16H2;5-12H,3-4H2,1-2H3,(H2,18,19,22)/q+1;. The molecule has 5 rings (SSSR count). The molecule has 0 saturated carbocycles. The van der Waals surface area contributed by atoms with E-state index in [1.165, 1.54) is 15.9 Å². The predicted octanol–water partition coefficient (Wildman–Crippen LogP) is 8.63. The average molecular weight is 673 g/mol. The molecule has 0 saturated heterocycles. The molecule has 0 heterocycles. The lowest BCUT2D eigenvalue weighted by Gasteiger charge is -2.25. The molecular formula is C36H37BrN2O2PS+. The van der Waals surface area contributed by atoms with Gasteiger partial charge in [-0.3, -0.25) is 0 Å². The number of benzene rings is 5. The normalized spacial score (nSPS) is 10.6. The minimum atomic E-state index is -1.62. The average Bonchev–Trinajstić information content (AvgIpc) is 3.06. The Kier molecular flexibility index (Phi) is 12.6. The zero-order valence-corrected chi connectivity index (χ0v) is 27.7. The summed E-state index contributed by atoms with van der Waals surface area (Å²) in [6, 6.07) is 48.0. The number of anilines is 2. The largest absolute Gasteiger partial charge is 0.494 e. The van der Waals surface area contributed by atoms with Crippen LogP contribution in [0.4, 0.5) is 11.4 Å². The maximum absolute atomic E-state index is 5.40. The Balaban J connectivity index is 0.000000197. The van der Waals surface area contributed by atoms with Crippen molar-refractivity contribution in [1.29, 1.82) is 0 Å². The maximum Gasteiger partial charge on any atom is 0.175 e. The summed E-state index contributed by atoms with van der Waals surface area (Å²) in [4.78, 5) is 0. The van der Waals surface area contributed by atoms with Gasteiger partial charge in [-0.25, -0.2) is 0 Å². The molecule has 0 aliphatic heterocycles. The van der Waals surface area contributed by atoms with Crippen LogP contribution in [0.2, 0.25) is 0 Å². The molecule has 0 amide bonds. The Morgan fingerprint density at radius 3 is 1.16 bits per heavy atom. The smallest absolute Gasteiger partial charge is 0.175 e. The molecule has 0 atom stereocenters. The summed E-state index contributed by atoms with van der Waals surface area (Å²) < 4.78 is 10.8. The van der Waals surface area contributed by atoms with Crippen LogP contribution in [0.15, 0.2) is 140 Å². The zero-order valence-electron chi connectivity index (χ0n) is 24.5. The van der Waals surface area contributed by atoms with Crippen molar-refractivity contribution in [2.45, 2.75) is 13.8 Å². The van der Waals surface area contributed by atoms with E-state index >= 15 is 0 Å². The van der Waals surface area contributed by atoms with Crippen LogP contribution >= 0.6 is 35.4 Å². The van der Waals surface area contributed by atoms with Gasteiger partial charge in [0, 0.05) is 11.4 Å². The third-order valence-electron chi connectivity index (χ3n) is 6.62. The minimum absolute atomic E-state index is 0.535. The number of rotatable bonds is 10. The van der Waals surface area contributed by atoms with Crippen molar-refractivity contribution in [3.05, 3.63) is 140 Å². The van der Waals surface area contributed by atoms with E-state index in [-0.39, 0.29) is 0 Å². The van der Waals surface area contributed by atoms with Crippen molar-refractivity contribution in [2.75, 3.05) is 28.9 Å². The van der Waals surface area contributed by atoms with Crippen LogP contribution in [0.3, 0.4) is 0 Å². The molecule has 0 unspecified atom stereocenters. The molecule has 0 radical (unpaired) electrons. The number of alkyl halides is 1. The van der Waals surface area contributed by atoms with Gasteiger partial charge in [0.25, 0.3) is 0 Å². The zero-order chi connectivity index (χ0) is 30.3. The molecule has 5 aromatic rings. The van der Waals surface area contributed by atoms with E-state index in [4.69, 9.17) is 21.7 Å². The third kappa shape index (κ3) is 8.90. The fourth-order valence-corrected chi connectivity index (χ4v) is 10.8. The topological polar surface area (TPSA) is 42.5 Å². The van der Waals surface area contributed by atoms with E-state index in [9.17, 15) is 0 Å². The quantitative estimate of drug-likeness (QED) is 0.0884. The van der Waals surface area contributed by atoms with E-state index < -0.39 is 7.26 Å². The first-order valence-corrected chi connectivity index (χ1v) is 17.7. The van der Waals surface area contributed by atoms with Gasteiger partial charge in [-0.1, -0.05) is 54.6 Å².